The summed E-state index contributed by atoms with van der Waals surface area (Å²) in [6.45, 7) is 2.24. The molecule has 3 rings (SSSR count). The lowest BCUT2D eigenvalue weighted by Crippen LogP contribution is -2.41. The second-order valence-electron chi connectivity index (χ2n) is 5.53. The van der Waals surface area contributed by atoms with Gasteiger partial charge in [0.2, 0.25) is 5.76 Å². The van der Waals surface area contributed by atoms with Gasteiger partial charge in [-0.05, 0) is 25.0 Å². The summed E-state index contributed by atoms with van der Waals surface area (Å²) >= 11 is 0. The molecule has 1 saturated heterocycles. The SMILES string of the molecule is C#CCOCC1CCCN(C(=O)c2cc(-c3ccco3)on2)C1. The number of furan rings is 1. The van der Waals surface area contributed by atoms with E-state index >= 15 is 0 Å². The number of nitrogens with zero attached hydrogens (tertiary/aromatic N) is 2. The Labute approximate surface area is 134 Å². The molecule has 0 N–H and O–H groups in total. The molecule has 2 aromatic rings. The van der Waals surface area contributed by atoms with Crippen molar-refractivity contribution in [2.45, 2.75) is 12.8 Å². The van der Waals surface area contributed by atoms with Crippen LogP contribution in [0.5, 0.6) is 0 Å². The van der Waals surface area contributed by atoms with Gasteiger partial charge in [-0.1, -0.05) is 11.1 Å². The van der Waals surface area contributed by atoms with Gasteiger partial charge in [-0.15, -0.1) is 6.42 Å². The lowest BCUT2D eigenvalue weighted by atomic mass is 9.98. The summed E-state index contributed by atoms with van der Waals surface area (Å²) in [6, 6.07) is 5.12. The van der Waals surface area contributed by atoms with Gasteiger partial charge in [-0.3, -0.25) is 4.79 Å². The summed E-state index contributed by atoms with van der Waals surface area (Å²) in [4.78, 5) is 14.3. The van der Waals surface area contributed by atoms with E-state index in [1.807, 2.05) is 0 Å². The quantitative estimate of drug-likeness (QED) is 0.626. The Kier molecular flexibility index (Phi) is 4.79. The van der Waals surface area contributed by atoms with Crippen LogP contribution in [0.2, 0.25) is 0 Å². The lowest BCUT2D eigenvalue weighted by Gasteiger charge is -2.31. The Hall–Kier alpha value is -2.52. The molecule has 0 bridgehead atoms. The Bertz CT molecular complexity index is 684. The maximum Gasteiger partial charge on any atom is 0.276 e. The van der Waals surface area contributed by atoms with E-state index in [4.69, 9.17) is 20.1 Å². The predicted molar refractivity (Wildman–Crippen MR) is 82.5 cm³/mol. The largest absolute Gasteiger partial charge is 0.461 e. The highest BCUT2D eigenvalue weighted by Gasteiger charge is 2.27. The Balaban J connectivity index is 1.62. The summed E-state index contributed by atoms with van der Waals surface area (Å²) in [5, 5.41) is 3.86. The summed E-state index contributed by atoms with van der Waals surface area (Å²) in [7, 11) is 0. The Morgan fingerprint density at radius 3 is 3.22 bits per heavy atom. The van der Waals surface area contributed by atoms with Crippen molar-refractivity contribution in [1.82, 2.24) is 10.1 Å². The Morgan fingerprint density at radius 2 is 2.43 bits per heavy atom. The monoisotopic (exact) mass is 314 g/mol. The molecular formula is C17H18N2O4. The van der Waals surface area contributed by atoms with Gasteiger partial charge in [0.15, 0.2) is 11.5 Å². The van der Waals surface area contributed by atoms with Crippen LogP contribution in [-0.2, 0) is 4.74 Å². The molecule has 0 spiro atoms. The molecule has 1 fully saturated rings. The Morgan fingerprint density at radius 1 is 1.52 bits per heavy atom. The van der Waals surface area contributed by atoms with E-state index in [9.17, 15) is 4.79 Å². The zero-order chi connectivity index (χ0) is 16.1. The van der Waals surface area contributed by atoms with Crippen LogP contribution >= 0.6 is 0 Å². The van der Waals surface area contributed by atoms with Crippen molar-refractivity contribution in [2.75, 3.05) is 26.3 Å². The van der Waals surface area contributed by atoms with Crippen molar-refractivity contribution in [1.29, 1.82) is 0 Å². The van der Waals surface area contributed by atoms with Crippen LogP contribution in [0, 0.1) is 18.3 Å². The summed E-state index contributed by atoms with van der Waals surface area (Å²) < 4.78 is 15.8. The van der Waals surface area contributed by atoms with E-state index in [0.717, 1.165) is 12.8 Å². The molecule has 23 heavy (non-hydrogen) atoms. The number of aromatic nitrogens is 1. The minimum absolute atomic E-state index is 0.131. The van der Waals surface area contributed by atoms with Crippen molar-refractivity contribution >= 4 is 5.91 Å². The molecule has 120 valence electrons. The van der Waals surface area contributed by atoms with Gasteiger partial charge < -0.3 is 18.6 Å². The molecule has 0 radical (unpaired) electrons. The van der Waals surface area contributed by atoms with Crippen LogP contribution in [0.4, 0.5) is 0 Å². The van der Waals surface area contributed by atoms with Crippen molar-refractivity contribution in [2.24, 2.45) is 5.92 Å². The highest BCUT2D eigenvalue weighted by molar-refractivity contribution is 5.93. The molecule has 0 aromatic carbocycles. The molecule has 1 aliphatic heterocycles. The number of amides is 1. The van der Waals surface area contributed by atoms with E-state index in [2.05, 4.69) is 11.1 Å². The maximum atomic E-state index is 12.6. The molecule has 3 heterocycles. The molecule has 6 nitrogen and oxygen atoms in total. The van der Waals surface area contributed by atoms with Gasteiger partial charge in [0, 0.05) is 25.1 Å². The second-order valence-corrected chi connectivity index (χ2v) is 5.53. The van der Waals surface area contributed by atoms with Crippen LogP contribution in [-0.4, -0.2) is 42.3 Å². The van der Waals surface area contributed by atoms with Gasteiger partial charge in [-0.25, -0.2) is 0 Å². The maximum absolute atomic E-state index is 12.6. The van der Waals surface area contributed by atoms with Crippen LogP contribution in [0.15, 0.2) is 33.4 Å². The molecular weight excluding hydrogens is 296 g/mol. The fraction of sp³-hybridized carbons (Fsp3) is 0.412. The number of likely N-dealkylation sites (tertiary alicyclic amines) is 1. The van der Waals surface area contributed by atoms with Crippen LogP contribution in [0.1, 0.15) is 23.3 Å². The first-order valence-electron chi connectivity index (χ1n) is 7.59. The molecule has 0 aliphatic carbocycles. The third kappa shape index (κ3) is 3.63. The molecule has 1 amide bonds. The normalized spacial score (nSPS) is 17.9. The zero-order valence-corrected chi connectivity index (χ0v) is 12.7. The van der Waals surface area contributed by atoms with E-state index in [1.165, 1.54) is 0 Å². The van der Waals surface area contributed by atoms with Crippen LogP contribution < -0.4 is 0 Å². The molecule has 2 aromatic heterocycles. The van der Waals surface area contributed by atoms with Gasteiger partial charge in [-0.2, -0.15) is 0 Å². The third-order valence-electron chi connectivity index (χ3n) is 3.84. The number of rotatable bonds is 5. The minimum atomic E-state index is -0.131. The van der Waals surface area contributed by atoms with E-state index in [1.54, 1.807) is 29.4 Å². The number of hydrogen-bond acceptors (Lipinski definition) is 5. The average molecular weight is 314 g/mol. The van der Waals surface area contributed by atoms with E-state index in [-0.39, 0.29) is 5.91 Å². The van der Waals surface area contributed by atoms with E-state index in [0.29, 0.717) is 49.4 Å². The van der Waals surface area contributed by atoms with Gasteiger partial charge in [0.05, 0.1) is 12.9 Å². The van der Waals surface area contributed by atoms with Crippen molar-refractivity contribution in [3.63, 3.8) is 0 Å². The summed E-state index contributed by atoms with van der Waals surface area (Å²) in [6.07, 6.45) is 8.69. The number of carbonyl (C=O) groups excluding carboxylic acids is 1. The number of terminal acetylenes is 1. The number of ether oxygens (including phenoxy) is 1. The van der Waals surface area contributed by atoms with E-state index < -0.39 is 0 Å². The molecule has 1 atom stereocenters. The standard InChI is InChI=1S/C17H18N2O4/c1-2-8-21-12-13-5-3-7-19(11-13)17(20)14-10-16(23-18-14)15-6-4-9-22-15/h1,4,6,9-10,13H,3,5,7-8,11-12H2. The average Bonchev–Trinajstić information content (AvgIpc) is 3.26. The number of hydrogen-bond donors (Lipinski definition) is 0. The van der Waals surface area contributed by atoms with Crippen molar-refractivity contribution in [3.05, 3.63) is 30.2 Å². The summed E-state index contributed by atoms with van der Waals surface area (Å²) in [5.74, 6) is 3.62. The smallest absolute Gasteiger partial charge is 0.276 e. The minimum Gasteiger partial charge on any atom is -0.461 e. The van der Waals surface area contributed by atoms with Gasteiger partial charge in [0.25, 0.3) is 5.91 Å². The summed E-state index contributed by atoms with van der Waals surface area (Å²) in [5.41, 5.74) is 0.293. The van der Waals surface area contributed by atoms with Crippen molar-refractivity contribution in [3.8, 4) is 23.9 Å². The highest BCUT2D eigenvalue weighted by Crippen LogP contribution is 2.23. The first kappa shape index (κ1) is 15.4. The lowest BCUT2D eigenvalue weighted by molar-refractivity contribution is 0.0526. The number of carbonyl (C=O) groups is 1. The molecule has 1 unspecified atom stereocenters. The van der Waals surface area contributed by atoms with Crippen LogP contribution in [0.3, 0.4) is 0 Å². The fourth-order valence-corrected chi connectivity index (χ4v) is 2.74. The predicted octanol–water partition coefficient (Wildman–Crippen LogP) is 2.44. The third-order valence-corrected chi connectivity index (χ3v) is 3.84. The number of piperidine rings is 1. The zero-order valence-electron chi connectivity index (χ0n) is 12.7. The van der Waals surface area contributed by atoms with Crippen LogP contribution in [0.25, 0.3) is 11.5 Å². The second kappa shape index (κ2) is 7.16. The molecule has 0 saturated carbocycles. The van der Waals surface area contributed by atoms with Gasteiger partial charge >= 0.3 is 0 Å². The first-order valence-corrected chi connectivity index (χ1v) is 7.59. The first-order chi connectivity index (χ1) is 11.3. The molecule has 6 heteroatoms. The molecule has 1 aliphatic rings. The topological polar surface area (TPSA) is 68.7 Å². The van der Waals surface area contributed by atoms with Crippen molar-refractivity contribution < 1.29 is 18.5 Å². The fourth-order valence-electron chi connectivity index (χ4n) is 2.74. The highest BCUT2D eigenvalue weighted by atomic mass is 16.5. The van der Waals surface area contributed by atoms with Gasteiger partial charge in [0.1, 0.15) is 6.61 Å².